The van der Waals surface area contributed by atoms with Gasteiger partial charge in [-0.15, -0.1) is 0 Å². The molecule has 8 nitrogen and oxygen atoms in total. The average molecular weight is 460 g/mol. The van der Waals surface area contributed by atoms with Crippen molar-refractivity contribution in [2.75, 3.05) is 13.1 Å². The number of aliphatic carboxylic acids is 1. The highest BCUT2D eigenvalue weighted by Gasteiger charge is 2.47. The minimum absolute atomic E-state index is 0.0500. The first-order valence-corrected chi connectivity index (χ1v) is 11.7. The Hall–Kier alpha value is -2.97. The van der Waals surface area contributed by atoms with E-state index in [1.807, 2.05) is 0 Å². The molecule has 0 bridgehead atoms. The Morgan fingerprint density at radius 3 is 2.21 bits per heavy atom. The van der Waals surface area contributed by atoms with Crippen molar-refractivity contribution in [1.82, 2.24) is 15.1 Å². The van der Waals surface area contributed by atoms with Gasteiger partial charge < -0.3 is 20.2 Å². The third kappa shape index (κ3) is 5.34. The average Bonchev–Trinajstić information content (AvgIpc) is 3.56. The molecule has 0 spiro atoms. The van der Waals surface area contributed by atoms with Gasteiger partial charge in [0.2, 0.25) is 5.91 Å². The van der Waals surface area contributed by atoms with E-state index in [2.05, 4.69) is 5.32 Å². The molecular formula is C24H30FN3O5. The molecule has 2 saturated carbocycles. The smallest absolute Gasteiger partial charge is 0.305 e. The molecule has 1 aromatic carbocycles. The first-order valence-electron chi connectivity index (χ1n) is 11.7. The molecule has 2 atom stereocenters. The van der Waals surface area contributed by atoms with Crippen molar-refractivity contribution in [2.24, 2.45) is 11.8 Å². The number of halogens is 1. The zero-order valence-electron chi connectivity index (χ0n) is 18.5. The predicted molar refractivity (Wildman–Crippen MR) is 116 cm³/mol. The number of nitrogens with zero attached hydrogens (tertiary/aromatic N) is 2. The number of carbonyl (C=O) groups excluding carboxylic acids is 3. The highest BCUT2D eigenvalue weighted by molar-refractivity contribution is 5.99. The molecule has 1 aromatic rings. The number of hydrogen-bond donors (Lipinski definition) is 2. The molecule has 1 saturated heterocycles. The number of carbonyl (C=O) groups is 4. The molecule has 3 fully saturated rings. The fourth-order valence-electron chi connectivity index (χ4n) is 5.00. The van der Waals surface area contributed by atoms with Crippen LogP contribution in [0.25, 0.3) is 0 Å². The van der Waals surface area contributed by atoms with Gasteiger partial charge in [0, 0.05) is 30.6 Å². The Bertz CT molecular complexity index is 911. The van der Waals surface area contributed by atoms with Crippen molar-refractivity contribution in [3.8, 4) is 0 Å². The lowest BCUT2D eigenvalue weighted by Crippen LogP contribution is -2.57. The van der Waals surface area contributed by atoms with Crippen LogP contribution in [0.1, 0.15) is 61.7 Å². The Morgan fingerprint density at radius 1 is 0.970 bits per heavy atom. The summed E-state index contributed by atoms with van der Waals surface area (Å²) in [5.74, 6) is -2.71. The summed E-state index contributed by atoms with van der Waals surface area (Å²) >= 11 is 0. The van der Waals surface area contributed by atoms with Gasteiger partial charge in [-0.2, -0.15) is 0 Å². The Labute approximate surface area is 192 Å². The van der Waals surface area contributed by atoms with Crippen LogP contribution in [0, 0.1) is 17.7 Å². The summed E-state index contributed by atoms with van der Waals surface area (Å²) in [5.41, 5.74) is 0.226. The van der Waals surface area contributed by atoms with E-state index >= 15 is 0 Å². The van der Waals surface area contributed by atoms with E-state index in [9.17, 15) is 28.7 Å². The number of carboxylic acids is 1. The van der Waals surface area contributed by atoms with E-state index in [4.69, 9.17) is 0 Å². The van der Waals surface area contributed by atoms with Crippen LogP contribution in [0.2, 0.25) is 0 Å². The van der Waals surface area contributed by atoms with E-state index in [1.165, 1.54) is 34.1 Å². The van der Waals surface area contributed by atoms with Gasteiger partial charge in [-0.05, 0) is 55.9 Å². The van der Waals surface area contributed by atoms with Crippen molar-refractivity contribution >= 4 is 23.7 Å². The molecule has 2 aliphatic carbocycles. The lowest BCUT2D eigenvalue weighted by Gasteiger charge is -2.34. The van der Waals surface area contributed by atoms with Gasteiger partial charge in [0.25, 0.3) is 11.8 Å². The van der Waals surface area contributed by atoms with E-state index in [-0.39, 0.29) is 42.8 Å². The second kappa shape index (κ2) is 9.89. The minimum atomic E-state index is -1.14. The molecule has 3 aliphatic rings. The number of rotatable bonds is 7. The molecular weight excluding hydrogens is 429 g/mol. The van der Waals surface area contributed by atoms with Crippen LogP contribution >= 0.6 is 0 Å². The Balaban J connectivity index is 1.57. The van der Waals surface area contributed by atoms with Gasteiger partial charge in [-0.3, -0.25) is 19.2 Å². The second-order valence-electron chi connectivity index (χ2n) is 9.30. The van der Waals surface area contributed by atoms with E-state index in [1.54, 1.807) is 0 Å². The minimum Gasteiger partial charge on any atom is -0.481 e. The van der Waals surface area contributed by atoms with Crippen LogP contribution in [-0.2, 0) is 14.4 Å². The molecule has 178 valence electrons. The summed E-state index contributed by atoms with van der Waals surface area (Å²) in [6, 6.07) is 4.51. The van der Waals surface area contributed by atoms with Crippen molar-refractivity contribution in [2.45, 2.75) is 63.6 Å². The first kappa shape index (κ1) is 23.2. The normalized spacial score (nSPS) is 22.2. The molecule has 2 N–H and O–H groups in total. The zero-order valence-corrected chi connectivity index (χ0v) is 18.5. The van der Waals surface area contributed by atoms with Crippen LogP contribution < -0.4 is 5.32 Å². The maximum absolute atomic E-state index is 13.5. The molecule has 4 rings (SSSR count). The molecule has 2 unspecified atom stereocenters. The van der Waals surface area contributed by atoms with Crippen molar-refractivity contribution in [3.63, 3.8) is 0 Å². The van der Waals surface area contributed by atoms with Gasteiger partial charge >= 0.3 is 5.97 Å². The maximum atomic E-state index is 13.5. The Kier molecular flexibility index (Phi) is 6.95. The van der Waals surface area contributed by atoms with Gasteiger partial charge in [0.05, 0.1) is 6.42 Å². The second-order valence-corrected chi connectivity index (χ2v) is 9.30. The summed E-state index contributed by atoms with van der Waals surface area (Å²) < 4.78 is 13.3. The highest BCUT2D eigenvalue weighted by Crippen LogP contribution is 2.34. The fraction of sp³-hybridized carbons (Fsp3) is 0.583. The lowest BCUT2D eigenvalue weighted by atomic mass is 9.82. The molecule has 0 aromatic heterocycles. The van der Waals surface area contributed by atoms with Gasteiger partial charge in [-0.25, -0.2) is 4.39 Å². The van der Waals surface area contributed by atoms with Gasteiger partial charge in [-0.1, -0.05) is 19.3 Å². The number of amides is 3. The fourth-order valence-corrected chi connectivity index (χ4v) is 5.00. The highest BCUT2D eigenvalue weighted by atomic mass is 19.1. The summed E-state index contributed by atoms with van der Waals surface area (Å²) in [5, 5.41) is 12.3. The molecule has 1 aliphatic heterocycles. The SMILES string of the molecule is O=C(O)CC(NC(=O)C1N(C(=O)c2ccc(F)cc2)CCN1C(=O)C1CC1)C1CCCCC1. The third-order valence-electron chi connectivity index (χ3n) is 6.91. The number of nitrogens with one attached hydrogen (secondary N) is 1. The van der Waals surface area contributed by atoms with E-state index < -0.39 is 35.8 Å². The summed E-state index contributed by atoms with van der Waals surface area (Å²) in [6.07, 6.45) is 4.93. The maximum Gasteiger partial charge on any atom is 0.305 e. The molecule has 0 radical (unpaired) electrons. The third-order valence-corrected chi connectivity index (χ3v) is 6.91. The molecule has 33 heavy (non-hydrogen) atoms. The predicted octanol–water partition coefficient (Wildman–Crippen LogP) is 2.39. The summed E-state index contributed by atoms with van der Waals surface area (Å²) in [4.78, 5) is 53.8. The van der Waals surface area contributed by atoms with Crippen LogP contribution in [0.4, 0.5) is 4.39 Å². The molecule has 9 heteroatoms. The van der Waals surface area contributed by atoms with Crippen LogP contribution in [0.3, 0.4) is 0 Å². The van der Waals surface area contributed by atoms with Crippen molar-refractivity contribution < 1.29 is 28.7 Å². The quantitative estimate of drug-likeness (QED) is 0.651. The molecule has 3 amide bonds. The van der Waals surface area contributed by atoms with E-state index in [0.29, 0.717) is 0 Å². The topological polar surface area (TPSA) is 107 Å². The number of benzene rings is 1. The van der Waals surface area contributed by atoms with Gasteiger partial charge in [0.1, 0.15) is 5.82 Å². The van der Waals surface area contributed by atoms with Crippen molar-refractivity contribution in [1.29, 1.82) is 0 Å². The Morgan fingerprint density at radius 2 is 1.61 bits per heavy atom. The van der Waals surface area contributed by atoms with Crippen LogP contribution in [0.15, 0.2) is 24.3 Å². The number of hydrogen-bond acceptors (Lipinski definition) is 4. The van der Waals surface area contributed by atoms with E-state index in [0.717, 1.165) is 44.9 Å². The largest absolute Gasteiger partial charge is 0.481 e. The van der Waals surface area contributed by atoms with Crippen molar-refractivity contribution in [3.05, 3.63) is 35.6 Å². The first-order chi connectivity index (χ1) is 15.8. The zero-order chi connectivity index (χ0) is 23.5. The lowest BCUT2D eigenvalue weighted by molar-refractivity contribution is -0.143. The van der Waals surface area contributed by atoms with Crippen LogP contribution in [0.5, 0.6) is 0 Å². The van der Waals surface area contributed by atoms with Gasteiger partial charge in [0.15, 0.2) is 6.17 Å². The number of carboxylic acid groups (broad SMARTS) is 1. The molecule has 1 heterocycles. The monoisotopic (exact) mass is 459 g/mol. The summed E-state index contributed by atoms with van der Waals surface area (Å²) in [6.45, 7) is 0.410. The standard InChI is InChI=1S/C24H30FN3O5/c25-18-10-8-17(9-11-18)24(33)28-13-12-27(23(32)16-6-7-16)22(28)21(31)26-19(14-20(29)30)15-4-2-1-3-5-15/h8-11,15-16,19,22H,1-7,12-14H2,(H,26,31)(H,29,30). The van der Waals surface area contributed by atoms with Crippen LogP contribution in [-0.4, -0.2) is 63.9 Å². The summed E-state index contributed by atoms with van der Waals surface area (Å²) in [7, 11) is 0.